The number of carbonyl (C=O) groups excluding carboxylic acids is 1. The highest BCUT2D eigenvalue weighted by atomic mass is 19.1. The van der Waals surface area contributed by atoms with Gasteiger partial charge < -0.3 is 15.5 Å². The molecule has 1 amide bonds. The Labute approximate surface area is 140 Å². The van der Waals surface area contributed by atoms with E-state index in [1.54, 1.807) is 29.2 Å². The fourth-order valence-electron chi connectivity index (χ4n) is 2.98. The standard InChI is InChI=1S/C18H21FN4O/c1-13-15(7-6-14(12-20)21-13)18(24)23-10-8-22(9-11-23)17-5-3-2-4-16(17)19/h2-7H,8-12,20H2,1H3. The number of nitrogens with two attached hydrogens (primary N) is 1. The number of pyridine rings is 1. The highest BCUT2D eigenvalue weighted by molar-refractivity contribution is 5.95. The van der Waals surface area contributed by atoms with Crippen LogP contribution in [0.1, 0.15) is 21.7 Å². The Morgan fingerprint density at radius 2 is 1.88 bits per heavy atom. The van der Waals surface area contributed by atoms with Gasteiger partial charge in [-0.25, -0.2) is 4.39 Å². The second kappa shape index (κ2) is 6.97. The topological polar surface area (TPSA) is 62.5 Å². The molecule has 1 saturated heterocycles. The lowest BCUT2D eigenvalue weighted by Gasteiger charge is -2.36. The van der Waals surface area contributed by atoms with Crippen LogP contribution in [0.5, 0.6) is 0 Å². The van der Waals surface area contributed by atoms with Crippen molar-refractivity contribution in [2.75, 3.05) is 31.1 Å². The number of halogens is 1. The highest BCUT2D eigenvalue weighted by Crippen LogP contribution is 2.21. The average molecular weight is 328 g/mol. The number of rotatable bonds is 3. The van der Waals surface area contributed by atoms with Gasteiger partial charge in [0.05, 0.1) is 22.6 Å². The Balaban J connectivity index is 1.68. The van der Waals surface area contributed by atoms with Gasteiger partial charge in [0.15, 0.2) is 0 Å². The zero-order valence-electron chi connectivity index (χ0n) is 13.7. The average Bonchev–Trinajstić information content (AvgIpc) is 2.61. The van der Waals surface area contributed by atoms with Gasteiger partial charge in [-0.1, -0.05) is 12.1 Å². The predicted molar refractivity (Wildman–Crippen MR) is 91.4 cm³/mol. The molecular formula is C18H21FN4O. The van der Waals surface area contributed by atoms with E-state index in [-0.39, 0.29) is 11.7 Å². The minimum atomic E-state index is -0.227. The second-order valence-corrected chi connectivity index (χ2v) is 5.87. The van der Waals surface area contributed by atoms with Crippen molar-refractivity contribution in [2.45, 2.75) is 13.5 Å². The van der Waals surface area contributed by atoms with Crippen LogP contribution in [-0.4, -0.2) is 42.0 Å². The molecule has 1 aliphatic rings. The van der Waals surface area contributed by atoms with Crippen molar-refractivity contribution in [2.24, 2.45) is 5.73 Å². The number of amides is 1. The smallest absolute Gasteiger partial charge is 0.255 e. The van der Waals surface area contributed by atoms with E-state index in [1.807, 2.05) is 17.9 Å². The lowest BCUT2D eigenvalue weighted by Crippen LogP contribution is -2.49. The third-order valence-electron chi connectivity index (χ3n) is 4.34. The number of piperazine rings is 1. The maximum Gasteiger partial charge on any atom is 0.255 e. The first-order valence-electron chi connectivity index (χ1n) is 8.05. The molecule has 2 heterocycles. The third-order valence-corrected chi connectivity index (χ3v) is 4.34. The van der Waals surface area contributed by atoms with Gasteiger partial charge in [-0.15, -0.1) is 0 Å². The zero-order chi connectivity index (χ0) is 17.1. The van der Waals surface area contributed by atoms with E-state index in [1.165, 1.54) is 6.07 Å². The van der Waals surface area contributed by atoms with Crippen LogP contribution < -0.4 is 10.6 Å². The van der Waals surface area contributed by atoms with Crippen molar-refractivity contribution < 1.29 is 9.18 Å². The molecule has 0 aliphatic carbocycles. The van der Waals surface area contributed by atoms with Gasteiger partial charge in [0, 0.05) is 32.7 Å². The predicted octanol–water partition coefficient (Wildman–Crippen LogP) is 1.95. The third kappa shape index (κ3) is 3.23. The summed E-state index contributed by atoms with van der Waals surface area (Å²) in [4.78, 5) is 20.8. The van der Waals surface area contributed by atoms with Crippen LogP contribution >= 0.6 is 0 Å². The number of carbonyl (C=O) groups is 1. The van der Waals surface area contributed by atoms with Crippen LogP contribution in [0.3, 0.4) is 0 Å². The van der Waals surface area contributed by atoms with Crippen molar-refractivity contribution in [3.05, 3.63) is 59.2 Å². The molecule has 0 radical (unpaired) electrons. The molecule has 0 bridgehead atoms. The molecule has 126 valence electrons. The Kier molecular flexibility index (Phi) is 4.76. The summed E-state index contributed by atoms with van der Waals surface area (Å²) >= 11 is 0. The molecule has 1 aromatic heterocycles. The summed E-state index contributed by atoms with van der Waals surface area (Å²) in [5.74, 6) is -0.258. The van der Waals surface area contributed by atoms with Crippen molar-refractivity contribution >= 4 is 11.6 Å². The number of anilines is 1. The minimum absolute atomic E-state index is 0.0308. The number of aryl methyl sites for hydroxylation is 1. The number of benzene rings is 1. The van der Waals surface area contributed by atoms with E-state index in [2.05, 4.69) is 4.98 Å². The molecular weight excluding hydrogens is 307 g/mol. The fraction of sp³-hybridized carbons (Fsp3) is 0.333. The van der Waals surface area contributed by atoms with Crippen LogP contribution in [0, 0.1) is 12.7 Å². The number of para-hydroxylation sites is 1. The van der Waals surface area contributed by atoms with Crippen molar-refractivity contribution in [1.82, 2.24) is 9.88 Å². The van der Waals surface area contributed by atoms with E-state index in [0.29, 0.717) is 49.7 Å². The molecule has 0 spiro atoms. The first kappa shape index (κ1) is 16.4. The molecule has 0 unspecified atom stereocenters. The maximum atomic E-state index is 13.9. The van der Waals surface area contributed by atoms with Crippen LogP contribution in [0.25, 0.3) is 0 Å². The summed E-state index contributed by atoms with van der Waals surface area (Å²) in [6.07, 6.45) is 0. The lowest BCUT2D eigenvalue weighted by molar-refractivity contribution is 0.0745. The quantitative estimate of drug-likeness (QED) is 0.935. The van der Waals surface area contributed by atoms with Gasteiger partial charge in [-0.3, -0.25) is 9.78 Å². The van der Waals surface area contributed by atoms with Crippen LogP contribution in [0.15, 0.2) is 36.4 Å². The van der Waals surface area contributed by atoms with Gasteiger partial charge in [0.25, 0.3) is 5.91 Å². The van der Waals surface area contributed by atoms with E-state index < -0.39 is 0 Å². The van der Waals surface area contributed by atoms with E-state index in [4.69, 9.17) is 5.73 Å². The summed E-state index contributed by atoms with van der Waals surface area (Å²) in [7, 11) is 0. The molecule has 1 aromatic carbocycles. The van der Waals surface area contributed by atoms with Crippen LogP contribution in [0.4, 0.5) is 10.1 Å². The number of hydrogen-bond acceptors (Lipinski definition) is 4. The number of nitrogens with zero attached hydrogens (tertiary/aromatic N) is 3. The highest BCUT2D eigenvalue weighted by Gasteiger charge is 2.24. The van der Waals surface area contributed by atoms with Crippen LogP contribution in [0.2, 0.25) is 0 Å². The Bertz CT molecular complexity index is 742. The number of aromatic nitrogens is 1. The summed E-state index contributed by atoms with van der Waals surface area (Å²) in [6.45, 7) is 4.52. The Hall–Kier alpha value is -2.47. The summed E-state index contributed by atoms with van der Waals surface area (Å²) in [5, 5.41) is 0. The summed E-state index contributed by atoms with van der Waals surface area (Å²) < 4.78 is 13.9. The van der Waals surface area contributed by atoms with E-state index >= 15 is 0 Å². The van der Waals surface area contributed by atoms with Crippen molar-refractivity contribution in [3.63, 3.8) is 0 Å². The number of hydrogen-bond donors (Lipinski definition) is 1. The first-order chi connectivity index (χ1) is 11.6. The van der Waals surface area contributed by atoms with Gasteiger partial charge in [0.2, 0.25) is 0 Å². The summed E-state index contributed by atoms with van der Waals surface area (Å²) in [5.41, 5.74) is 8.24. The minimum Gasteiger partial charge on any atom is -0.366 e. The molecule has 24 heavy (non-hydrogen) atoms. The Morgan fingerprint density at radius 3 is 2.50 bits per heavy atom. The molecule has 2 aromatic rings. The van der Waals surface area contributed by atoms with Crippen molar-refractivity contribution in [3.8, 4) is 0 Å². The molecule has 0 saturated carbocycles. The largest absolute Gasteiger partial charge is 0.366 e. The van der Waals surface area contributed by atoms with Gasteiger partial charge in [-0.05, 0) is 31.2 Å². The second-order valence-electron chi connectivity index (χ2n) is 5.87. The molecule has 3 rings (SSSR count). The van der Waals surface area contributed by atoms with E-state index in [0.717, 1.165) is 5.69 Å². The monoisotopic (exact) mass is 328 g/mol. The van der Waals surface area contributed by atoms with Gasteiger partial charge >= 0.3 is 0 Å². The fourth-order valence-corrected chi connectivity index (χ4v) is 2.98. The first-order valence-corrected chi connectivity index (χ1v) is 8.05. The SMILES string of the molecule is Cc1nc(CN)ccc1C(=O)N1CCN(c2ccccc2F)CC1. The molecule has 0 atom stereocenters. The normalized spacial score (nSPS) is 14.8. The molecule has 1 fully saturated rings. The molecule has 5 nitrogen and oxygen atoms in total. The maximum absolute atomic E-state index is 13.9. The summed E-state index contributed by atoms with van der Waals surface area (Å²) in [6, 6.07) is 10.3. The lowest BCUT2D eigenvalue weighted by atomic mass is 10.1. The van der Waals surface area contributed by atoms with Crippen LogP contribution in [-0.2, 0) is 6.54 Å². The molecule has 6 heteroatoms. The van der Waals surface area contributed by atoms with Gasteiger partial charge in [0.1, 0.15) is 5.82 Å². The van der Waals surface area contributed by atoms with Gasteiger partial charge in [-0.2, -0.15) is 0 Å². The zero-order valence-corrected chi connectivity index (χ0v) is 13.7. The van der Waals surface area contributed by atoms with E-state index in [9.17, 15) is 9.18 Å². The Morgan fingerprint density at radius 1 is 1.17 bits per heavy atom. The molecule has 2 N–H and O–H groups in total. The molecule has 1 aliphatic heterocycles. The van der Waals surface area contributed by atoms with Crippen molar-refractivity contribution in [1.29, 1.82) is 0 Å².